The number of anilines is 1. The zero-order valence-electron chi connectivity index (χ0n) is 13.5. The lowest BCUT2D eigenvalue weighted by molar-refractivity contribution is 0.181. The molecule has 3 rings (SSSR count). The molecule has 2 aromatic rings. The van der Waals surface area contributed by atoms with Crippen LogP contribution in [0.2, 0.25) is 0 Å². The van der Waals surface area contributed by atoms with Gasteiger partial charge in [0.25, 0.3) is 0 Å². The van der Waals surface area contributed by atoms with Gasteiger partial charge in [-0.15, -0.1) is 0 Å². The molecule has 0 aliphatic carbocycles. The Morgan fingerprint density at radius 1 is 1.30 bits per heavy atom. The predicted molar refractivity (Wildman–Crippen MR) is 94.3 cm³/mol. The van der Waals surface area contributed by atoms with E-state index in [0.717, 1.165) is 12.2 Å². The van der Waals surface area contributed by atoms with E-state index in [4.69, 9.17) is 4.74 Å². The van der Waals surface area contributed by atoms with Gasteiger partial charge in [0, 0.05) is 18.3 Å². The Morgan fingerprint density at radius 3 is 2.87 bits per heavy atom. The second-order valence-corrected chi connectivity index (χ2v) is 6.73. The molecule has 122 valence electrons. The lowest BCUT2D eigenvalue weighted by atomic mass is 10.0. The summed E-state index contributed by atoms with van der Waals surface area (Å²) < 4.78 is 5.01. The number of carbonyl (C=O) groups excluding carboxylic acids is 1. The normalized spacial score (nSPS) is 17.1. The van der Waals surface area contributed by atoms with Crippen LogP contribution in [0.3, 0.4) is 0 Å². The molecular weight excluding hydrogens is 308 g/mol. The second kappa shape index (κ2) is 7.15. The zero-order valence-corrected chi connectivity index (χ0v) is 14.3. The van der Waals surface area contributed by atoms with Gasteiger partial charge < -0.3 is 10.1 Å². The van der Waals surface area contributed by atoms with E-state index in [1.54, 1.807) is 16.2 Å². The fraction of sp³-hybridized carbons (Fsp3) is 0.389. The molecule has 0 bridgehead atoms. The minimum absolute atomic E-state index is 0.231. The molecular formula is C18H22N2O2S. The van der Waals surface area contributed by atoms with E-state index in [-0.39, 0.29) is 12.1 Å². The first-order valence-corrected chi connectivity index (χ1v) is 8.89. The lowest BCUT2D eigenvalue weighted by Gasteiger charge is -2.20. The standard InChI is InChI=1S/C18H22N2O2S/c1-13(16-6-9-23-12-16)11-19-14(2)15-4-3-5-17(10-15)20-7-8-22-18(20)21/h3-6,9-10,12-14,19H,7-8,11H2,1-2H3. The van der Waals surface area contributed by atoms with E-state index in [2.05, 4.69) is 48.1 Å². The number of nitrogens with zero attached hydrogens (tertiary/aromatic N) is 1. The van der Waals surface area contributed by atoms with Crippen LogP contribution in [0.15, 0.2) is 41.1 Å². The molecule has 1 aliphatic heterocycles. The predicted octanol–water partition coefficient (Wildman–Crippen LogP) is 4.16. The van der Waals surface area contributed by atoms with Crippen LogP contribution in [0.1, 0.15) is 36.9 Å². The number of cyclic esters (lactones) is 1. The van der Waals surface area contributed by atoms with Crippen LogP contribution >= 0.6 is 11.3 Å². The van der Waals surface area contributed by atoms with Crippen molar-refractivity contribution >= 4 is 23.1 Å². The van der Waals surface area contributed by atoms with Crippen LogP contribution in [0.4, 0.5) is 10.5 Å². The van der Waals surface area contributed by atoms with Crippen molar-refractivity contribution in [1.82, 2.24) is 5.32 Å². The molecule has 2 heterocycles. The van der Waals surface area contributed by atoms with E-state index in [9.17, 15) is 4.79 Å². The smallest absolute Gasteiger partial charge is 0.414 e. The summed E-state index contributed by atoms with van der Waals surface area (Å²) in [5, 5.41) is 7.91. The third-order valence-electron chi connectivity index (χ3n) is 4.29. The summed E-state index contributed by atoms with van der Waals surface area (Å²) in [6.07, 6.45) is -0.256. The topological polar surface area (TPSA) is 41.6 Å². The number of amides is 1. The highest BCUT2D eigenvalue weighted by Gasteiger charge is 2.23. The van der Waals surface area contributed by atoms with Gasteiger partial charge in [0.05, 0.1) is 6.54 Å². The molecule has 2 unspecified atom stereocenters. The van der Waals surface area contributed by atoms with Gasteiger partial charge in [-0.3, -0.25) is 4.90 Å². The van der Waals surface area contributed by atoms with Crippen molar-refractivity contribution in [2.45, 2.75) is 25.8 Å². The van der Waals surface area contributed by atoms with Gasteiger partial charge in [-0.25, -0.2) is 4.79 Å². The minimum Gasteiger partial charge on any atom is -0.447 e. The molecule has 0 radical (unpaired) electrons. The molecule has 1 amide bonds. The van der Waals surface area contributed by atoms with Gasteiger partial charge in [-0.1, -0.05) is 19.1 Å². The quantitative estimate of drug-likeness (QED) is 0.865. The summed E-state index contributed by atoms with van der Waals surface area (Å²) in [5.74, 6) is 0.487. The number of ether oxygens (including phenoxy) is 1. The monoisotopic (exact) mass is 330 g/mol. The van der Waals surface area contributed by atoms with Crippen LogP contribution in [-0.2, 0) is 4.74 Å². The number of benzene rings is 1. The summed E-state index contributed by atoms with van der Waals surface area (Å²) in [4.78, 5) is 13.4. The highest BCUT2D eigenvalue weighted by molar-refractivity contribution is 7.07. The molecule has 1 N–H and O–H groups in total. The third kappa shape index (κ3) is 3.74. The van der Waals surface area contributed by atoms with Gasteiger partial charge in [0.2, 0.25) is 0 Å². The largest absolute Gasteiger partial charge is 0.447 e. The van der Waals surface area contributed by atoms with Crippen molar-refractivity contribution < 1.29 is 9.53 Å². The Balaban J connectivity index is 1.63. The van der Waals surface area contributed by atoms with Gasteiger partial charge >= 0.3 is 6.09 Å². The van der Waals surface area contributed by atoms with Gasteiger partial charge in [-0.2, -0.15) is 11.3 Å². The molecule has 0 spiro atoms. The minimum atomic E-state index is -0.256. The summed E-state index contributed by atoms with van der Waals surface area (Å²) in [7, 11) is 0. The summed E-state index contributed by atoms with van der Waals surface area (Å²) in [6, 6.07) is 10.5. The molecule has 23 heavy (non-hydrogen) atoms. The Bertz CT molecular complexity index is 657. The number of hydrogen-bond donors (Lipinski definition) is 1. The third-order valence-corrected chi connectivity index (χ3v) is 4.99. The number of hydrogen-bond acceptors (Lipinski definition) is 4. The summed E-state index contributed by atoms with van der Waals surface area (Å²) >= 11 is 1.74. The molecule has 1 aliphatic rings. The van der Waals surface area contributed by atoms with Crippen molar-refractivity contribution in [2.75, 3.05) is 24.6 Å². The Kier molecular flexibility index (Phi) is 4.98. The second-order valence-electron chi connectivity index (χ2n) is 5.95. The highest BCUT2D eigenvalue weighted by atomic mass is 32.1. The van der Waals surface area contributed by atoms with Crippen molar-refractivity contribution in [3.05, 3.63) is 52.2 Å². The van der Waals surface area contributed by atoms with Crippen molar-refractivity contribution in [3.8, 4) is 0 Å². The Morgan fingerprint density at radius 2 is 2.17 bits per heavy atom. The number of carbonyl (C=O) groups is 1. The van der Waals surface area contributed by atoms with Crippen LogP contribution in [0.25, 0.3) is 0 Å². The zero-order chi connectivity index (χ0) is 16.2. The van der Waals surface area contributed by atoms with E-state index >= 15 is 0 Å². The molecule has 2 atom stereocenters. The average molecular weight is 330 g/mol. The molecule has 5 heteroatoms. The average Bonchev–Trinajstić information content (AvgIpc) is 3.24. The lowest BCUT2D eigenvalue weighted by Crippen LogP contribution is -2.25. The summed E-state index contributed by atoms with van der Waals surface area (Å²) in [6.45, 7) is 6.41. The maximum absolute atomic E-state index is 11.7. The molecule has 1 saturated heterocycles. The van der Waals surface area contributed by atoms with Crippen LogP contribution in [0, 0.1) is 0 Å². The fourth-order valence-corrected chi connectivity index (χ4v) is 3.52. The first-order valence-electron chi connectivity index (χ1n) is 7.95. The van der Waals surface area contributed by atoms with E-state index < -0.39 is 0 Å². The SMILES string of the molecule is CC(CNC(C)c1cccc(N2CCOC2=O)c1)c1ccsc1. The molecule has 1 fully saturated rings. The van der Waals surface area contributed by atoms with Crippen LogP contribution < -0.4 is 10.2 Å². The number of rotatable bonds is 6. The van der Waals surface area contributed by atoms with Gasteiger partial charge in [0.15, 0.2) is 0 Å². The first kappa shape index (κ1) is 16.0. The fourth-order valence-electron chi connectivity index (χ4n) is 2.73. The van der Waals surface area contributed by atoms with E-state index in [0.29, 0.717) is 19.1 Å². The maximum atomic E-state index is 11.7. The van der Waals surface area contributed by atoms with Crippen LogP contribution in [-0.4, -0.2) is 25.8 Å². The van der Waals surface area contributed by atoms with Gasteiger partial charge in [-0.05, 0) is 52.9 Å². The van der Waals surface area contributed by atoms with E-state index in [1.165, 1.54) is 11.1 Å². The molecule has 4 nitrogen and oxygen atoms in total. The van der Waals surface area contributed by atoms with E-state index in [1.807, 2.05) is 12.1 Å². The summed E-state index contributed by atoms with van der Waals surface area (Å²) in [5.41, 5.74) is 3.47. The first-order chi connectivity index (χ1) is 11.1. The molecule has 1 aromatic heterocycles. The van der Waals surface area contributed by atoms with Crippen molar-refractivity contribution in [3.63, 3.8) is 0 Å². The number of thiophene rings is 1. The van der Waals surface area contributed by atoms with Crippen molar-refractivity contribution in [2.24, 2.45) is 0 Å². The Labute approximate surface area is 141 Å². The van der Waals surface area contributed by atoms with Crippen LogP contribution in [0.5, 0.6) is 0 Å². The highest BCUT2D eigenvalue weighted by Crippen LogP contribution is 2.24. The maximum Gasteiger partial charge on any atom is 0.414 e. The molecule has 1 aromatic carbocycles. The number of nitrogens with one attached hydrogen (secondary N) is 1. The van der Waals surface area contributed by atoms with Crippen molar-refractivity contribution in [1.29, 1.82) is 0 Å². The Hall–Kier alpha value is -1.85. The molecule has 0 saturated carbocycles. The van der Waals surface area contributed by atoms with Gasteiger partial charge in [0.1, 0.15) is 6.61 Å².